The highest BCUT2D eigenvalue weighted by Gasteiger charge is 2.26. The smallest absolute Gasteiger partial charge is 0.349 e. The first-order valence-electron chi connectivity index (χ1n) is 11.7. The molecule has 0 unspecified atom stereocenters. The lowest BCUT2D eigenvalue weighted by Crippen LogP contribution is -2.29. The predicted molar refractivity (Wildman–Crippen MR) is 148 cm³/mol. The Morgan fingerprint density at radius 2 is 1.84 bits per heavy atom. The van der Waals surface area contributed by atoms with Gasteiger partial charge in [-0.1, -0.05) is 60.7 Å². The largest absolute Gasteiger partial charge is 0.422 e. The second-order valence-electron chi connectivity index (χ2n) is 8.87. The monoisotopic (exact) mass is 527 g/mol. The van der Waals surface area contributed by atoms with E-state index in [9.17, 15) is 14.9 Å². The van der Waals surface area contributed by atoms with Crippen LogP contribution in [0.4, 0.5) is 5.00 Å². The van der Waals surface area contributed by atoms with Crippen molar-refractivity contribution in [2.75, 3.05) is 11.9 Å². The summed E-state index contributed by atoms with van der Waals surface area (Å²) in [6, 6.07) is 25.5. The van der Waals surface area contributed by atoms with E-state index in [0.717, 1.165) is 40.7 Å². The SMILES string of the molecule is Cl.N#Cc1c(NC(=O)c2cc3c(ccc4ccccc43)oc2=O)sc2c1CCN(Cc1ccccc1)C2. The van der Waals surface area contributed by atoms with E-state index in [1.165, 1.54) is 16.9 Å². The molecule has 5 aromatic rings. The molecule has 8 heteroatoms. The molecule has 0 atom stereocenters. The van der Waals surface area contributed by atoms with Crippen LogP contribution in [0.5, 0.6) is 0 Å². The van der Waals surface area contributed by atoms with E-state index < -0.39 is 11.5 Å². The van der Waals surface area contributed by atoms with Crippen molar-refractivity contribution in [3.05, 3.63) is 110 Å². The number of anilines is 1. The molecule has 1 aliphatic heterocycles. The van der Waals surface area contributed by atoms with Gasteiger partial charge in [0.15, 0.2) is 0 Å². The summed E-state index contributed by atoms with van der Waals surface area (Å²) in [7, 11) is 0. The van der Waals surface area contributed by atoms with Crippen LogP contribution in [0.1, 0.15) is 31.9 Å². The Kier molecular flexibility index (Phi) is 6.81. The zero-order valence-corrected chi connectivity index (χ0v) is 21.3. The van der Waals surface area contributed by atoms with Gasteiger partial charge in [0, 0.05) is 29.9 Å². The predicted octanol–water partition coefficient (Wildman–Crippen LogP) is 6.11. The third kappa shape index (κ3) is 4.63. The highest BCUT2D eigenvalue weighted by Crippen LogP contribution is 2.37. The van der Waals surface area contributed by atoms with Crippen molar-refractivity contribution < 1.29 is 9.21 Å². The molecule has 1 amide bonds. The quantitative estimate of drug-likeness (QED) is 0.225. The van der Waals surface area contributed by atoms with Crippen LogP contribution >= 0.6 is 23.7 Å². The number of hydrogen-bond acceptors (Lipinski definition) is 6. The van der Waals surface area contributed by atoms with Crippen LogP contribution in [-0.4, -0.2) is 17.4 Å². The molecule has 0 saturated carbocycles. The summed E-state index contributed by atoms with van der Waals surface area (Å²) in [5.41, 5.74) is 2.35. The number of carbonyl (C=O) groups excluding carboxylic acids is 1. The number of nitriles is 1. The molecule has 0 fully saturated rings. The van der Waals surface area contributed by atoms with Crippen molar-refractivity contribution in [1.82, 2.24) is 4.90 Å². The van der Waals surface area contributed by atoms with Gasteiger partial charge >= 0.3 is 5.63 Å². The number of fused-ring (bicyclic) bond motifs is 4. The number of halogens is 1. The molecular weight excluding hydrogens is 506 g/mol. The van der Waals surface area contributed by atoms with E-state index in [0.29, 0.717) is 28.1 Å². The summed E-state index contributed by atoms with van der Waals surface area (Å²) in [6.45, 7) is 2.37. The third-order valence-corrected chi connectivity index (χ3v) is 7.74. The van der Waals surface area contributed by atoms with E-state index in [1.807, 2.05) is 48.5 Å². The van der Waals surface area contributed by atoms with E-state index in [4.69, 9.17) is 4.42 Å². The lowest BCUT2D eigenvalue weighted by atomic mass is 10.0. The number of nitrogens with zero attached hydrogens (tertiary/aromatic N) is 2. The van der Waals surface area contributed by atoms with E-state index >= 15 is 0 Å². The molecule has 37 heavy (non-hydrogen) atoms. The molecule has 184 valence electrons. The minimum absolute atomic E-state index is 0. The number of nitrogens with one attached hydrogen (secondary N) is 1. The second kappa shape index (κ2) is 10.2. The number of thiophene rings is 1. The van der Waals surface area contributed by atoms with Crippen LogP contribution < -0.4 is 10.9 Å². The molecule has 3 aromatic carbocycles. The molecule has 1 N–H and O–H groups in total. The maximum absolute atomic E-state index is 13.2. The van der Waals surface area contributed by atoms with Crippen LogP contribution in [-0.2, 0) is 19.5 Å². The second-order valence-corrected chi connectivity index (χ2v) is 9.97. The fraction of sp³-hybridized carbons (Fsp3) is 0.138. The van der Waals surface area contributed by atoms with Crippen molar-refractivity contribution in [3.63, 3.8) is 0 Å². The van der Waals surface area contributed by atoms with Gasteiger partial charge in [-0.15, -0.1) is 23.7 Å². The average Bonchev–Trinajstić information content (AvgIpc) is 3.24. The van der Waals surface area contributed by atoms with Crippen molar-refractivity contribution in [3.8, 4) is 6.07 Å². The van der Waals surface area contributed by atoms with Gasteiger partial charge in [0.2, 0.25) is 0 Å². The molecule has 6 rings (SSSR count). The summed E-state index contributed by atoms with van der Waals surface area (Å²) >= 11 is 1.41. The Bertz CT molecular complexity index is 1740. The van der Waals surface area contributed by atoms with Crippen LogP contribution in [0.15, 0.2) is 82.0 Å². The maximum Gasteiger partial charge on any atom is 0.349 e. The first kappa shape index (κ1) is 24.7. The summed E-state index contributed by atoms with van der Waals surface area (Å²) in [5, 5.41) is 15.8. The van der Waals surface area contributed by atoms with E-state index in [2.05, 4.69) is 28.4 Å². The van der Waals surface area contributed by atoms with Crippen molar-refractivity contribution in [1.29, 1.82) is 5.26 Å². The average molecular weight is 528 g/mol. The van der Waals surface area contributed by atoms with Crippen molar-refractivity contribution >= 4 is 56.4 Å². The van der Waals surface area contributed by atoms with Crippen LogP contribution in [0.3, 0.4) is 0 Å². The number of carbonyl (C=O) groups is 1. The molecule has 6 nitrogen and oxygen atoms in total. The topological polar surface area (TPSA) is 86.3 Å². The lowest BCUT2D eigenvalue weighted by molar-refractivity contribution is 0.102. The Labute approximate surface area is 223 Å². The standard InChI is InChI=1S/C29H21N3O3S.ClH/c30-15-24-21-12-13-32(16-18-6-2-1-3-7-18)17-26(21)36-28(24)31-27(33)23-14-22-20-9-5-4-8-19(20)10-11-25(22)35-29(23)34;/h1-11,14H,12-13,16-17H2,(H,31,33);1H. The first-order valence-corrected chi connectivity index (χ1v) is 12.5. The molecular formula is C29H22ClN3O3S. The fourth-order valence-corrected chi connectivity index (χ4v) is 6.08. The zero-order chi connectivity index (χ0) is 24.6. The highest BCUT2D eigenvalue weighted by molar-refractivity contribution is 7.16. The normalized spacial score (nSPS) is 13.1. The van der Waals surface area contributed by atoms with Gasteiger partial charge in [-0.3, -0.25) is 9.69 Å². The van der Waals surface area contributed by atoms with Crippen LogP contribution in [0.25, 0.3) is 21.7 Å². The van der Waals surface area contributed by atoms with Gasteiger partial charge < -0.3 is 9.73 Å². The fourth-order valence-electron chi connectivity index (χ4n) is 4.84. The highest BCUT2D eigenvalue weighted by atomic mass is 35.5. The molecule has 0 radical (unpaired) electrons. The molecule has 0 bridgehead atoms. The van der Waals surface area contributed by atoms with Crippen molar-refractivity contribution in [2.24, 2.45) is 0 Å². The molecule has 0 spiro atoms. The summed E-state index contributed by atoms with van der Waals surface area (Å²) in [6.07, 6.45) is 0.738. The first-order chi connectivity index (χ1) is 17.6. The number of rotatable bonds is 4. The summed E-state index contributed by atoms with van der Waals surface area (Å²) < 4.78 is 5.48. The Morgan fingerprint density at radius 1 is 1.05 bits per heavy atom. The lowest BCUT2D eigenvalue weighted by Gasteiger charge is -2.26. The molecule has 1 aliphatic rings. The van der Waals surface area contributed by atoms with Gasteiger partial charge in [-0.25, -0.2) is 4.79 Å². The van der Waals surface area contributed by atoms with Gasteiger partial charge in [-0.2, -0.15) is 5.26 Å². The van der Waals surface area contributed by atoms with Gasteiger partial charge in [0.1, 0.15) is 22.2 Å². The Hall–Kier alpha value is -3.96. The van der Waals surface area contributed by atoms with Crippen LogP contribution in [0, 0.1) is 11.3 Å². The van der Waals surface area contributed by atoms with E-state index in [1.54, 1.807) is 12.1 Å². The summed E-state index contributed by atoms with van der Waals surface area (Å²) in [5.74, 6) is -0.574. The minimum Gasteiger partial charge on any atom is -0.422 e. The van der Waals surface area contributed by atoms with Gasteiger partial charge in [0.25, 0.3) is 5.91 Å². The van der Waals surface area contributed by atoms with Crippen molar-refractivity contribution in [2.45, 2.75) is 19.5 Å². The summed E-state index contributed by atoms with van der Waals surface area (Å²) in [4.78, 5) is 29.3. The molecule has 2 aromatic heterocycles. The molecule has 3 heterocycles. The number of amides is 1. The molecule has 0 aliphatic carbocycles. The third-order valence-electron chi connectivity index (χ3n) is 6.61. The zero-order valence-electron chi connectivity index (χ0n) is 19.7. The van der Waals surface area contributed by atoms with Gasteiger partial charge in [0.05, 0.1) is 5.56 Å². The van der Waals surface area contributed by atoms with Gasteiger partial charge in [-0.05, 0) is 40.5 Å². The van der Waals surface area contributed by atoms with E-state index in [-0.39, 0.29) is 18.0 Å². The number of benzene rings is 3. The van der Waals surface area contributed by atoms with Crippen LogP contribution in [0.2, 0.25) is 0 Å². The Morgan fingerprint density at radius 3 is 2.65 bits per heavy atom. The minimum atomic E-state index is -0.704. The Balaban J connectivity index is 0.00000280. The maximum atomic E-state index is 13.2. The molecule has 0 saturated heterocycles. The number of hydrogen-bond donors (Lipinski definition) is 1.